The Labute approximate surface area is 97.3 Å². The summed E-state index contributed by atoms with van der Waals surface area (Å²) >= 11 is 6.97. The average molecular weight is 249 g/mol. The van der Waals surface area contributed by atoms with E-state index < -0.39 is 6.10 Å². The number of hydrogen-bond donors (Lipinski definition) is 1. The second-order valence-corrected chi connectivity index (χ2v) is 5.08. The molecule has 0 spiro atoms. The number of aliphatic hydroxyl groups excluding tert-OH is 1. The van der Waals surface area contributed by atoms with Crippen molar-refractivity contribution in [2.24, 2.45) is 7.05 Å². The fourth-order valence-electron chi connectivity index (χ4n) is 0.895. The Morgan fingerprint density at radius 3 is 2.73 bits per heavy atom. The number of thioether (sulfide) groups is 1. The SMILES string of the molecule is CC(O)C(C)Sc1cc(=O)c(Cl)nn1C. The third-order valence-corrected chi connectivity index (χ3v) is 3.65. The molecular weight excluding hydrogens is 236 g/mol. The van der Waals surface area contributed by atoms with Gasteiger partial charge >= 0.3 is 0 Å². The molecule has 0 saturated carbocycles. The van der Waals surface area contributed by atoms with Crippen LogP contribution in [0.2, 0.25) is 5.15 Å². The van der Waals surface area contributed by atoms with Crippen LogP contribution in [0.3, 0.4) is 0 Å². The highest BCUT2D eigenvalue weighted by Gasteiger charge is 2.13. The van der Waals surface area contributed by atoms with Crippen molar-refractivity contribution in [1.82, 2.24) is 9.78 Å². The highest BCUT2D eigenvalue weighted by Crippen LogP contribution is 2.23. The summed E-state index contributed by atoms with van der Waals surface area (Å²) < 4.78 is 1.54. The van der Waals surface area contributed by atoms with Crippen LogP contribution < -0.4 is 5.43 Å². The van der Waals surface area contributed by atoms with Gasteiger partial charge in [-0.05, 0) is 6.92 Å². The van der Waals surface area contributed by atoms with Crippen LogP contribution in [0.25, 0.3) is 0 Å². The highest BCUT2D eigenvalue weighted by atomic mass is 35.5. The number of aromatic nitrogens is 2. The van der Waals surface area contributed by atoms with E-state index in [0.717, 1.165) is 0 Å². The highest BCUT2D eigenvalue weighted by molar-refractivity contribution is 7.99. The Bertz CT molecular complexity index is 406. The van der Waals surface area contributed by atoms with Gasteiger partial charge in [0.15, 0.2) is 5.15 Å². The van der Waals surface area contributed by atoms with Gasteiger partial charge in [-0.15, -0.1) is 11.8 Å². The van der Waals surface area contributed by atoms with Gasteiger partial charge in [0.05, 0.1) is 11.1 Å². The van der Waals surface area contributed by atoms with E-state index in [0.29, 0.717) is 5.03 Å². The minimum atomic E-state index is -0.444. The molecule has 1 N–H and O–H groups in total. The fourth-order valence-corrected chi connectivity index (χ4v) is 2.01. The maximum atomic E-state index is 11.3. The summed E-state index contributed by atoms with van der Waals surface area (Å²) in [5.41, 5.74) is -0.296. The van der Waals surface area contributed by atoms with E-state index in [1.807, 2.05) is 6.92 Å². The minimum absolute atomic E-state index is 0.00132. The average Bonchev–Trinajstić information content (AvgIpc) is 2.13. The first kappa shape index (κ1) is 12.5. The number of halogens is 1. The molecule has 0 aliphatic heterocycles. The molecule has 1 heterocycles. The zero-order valence-corrected chi connectivity index (χ0v) is 10.3. The van der Waals surface area contributed by atoms with Crippen molar-refractivity contribution in [3.8, 4) is 0 Å². The molecular formula is C9H13ClN2O2S. The lowest BCUT2D eigenvalue weighted by molar-refractivity contribution is 0.196. The largest absolute Gasteiger partial charge is 0.392 e. The van der Waals surface area contributed by atoms with Crippen LogP contribution >= 0.6 is 23.4 Å². The lowest BCUT2D eigenvalue weighted by Crippen LogP contribution is -2.18. The van der Waals surface area contributed by atoms with E-state index in [2.05, 4.69) is 5.10 Å². The van der Waals surface area contributed by atoms with Crippen molar-refractivity contribution in [2.75, 3.05) is 0 Å². The van der Waals surface area contributed by atoms with Crippen LogP contribution in [0, 0.1) is 0 Å². The van der Waals surface area contributed by atoms with Gasteiger partial charge in [-0.25, -0.2) is 0 Å². The van der Waals surface area contributed by atoms with Gasteiger partial charge in [-0.2, -0.15) is 5.10 Å². The molecule has 0 bridgehead atoms. The van der Waals surface area contributed by atoms with Crippen molar-refractivity contribution in [2.45, 2.75) is 30.2 Å². The molecule has 4 nitrogen and oxygen atoms in total. The summed E-state index contributed by atoms with van der Waals surface area (Å²) in [6.07, 6.45) is -0.444. The smallest absolute Gasteiger partial charge is 0.220 e. The quantitative estimate of drug-likeness (QED) is 0.820. The Hall–Kier alpha value is -0.520. The minimum Gasteiger partial charge on any atom is -0.392 e. The number of aryl methyl sites for hydroxylation is 1. The van der Waals surface area contributed by atoms with Gasteiger partial charge in [-0.1, -0.05) is 18.5 Å². The van der Waals surface area contributed by atoms with Gasteiger partial charge in [-0.3, -0.25) is 9.48 Å². The molecule has 0 amide bonds. The van der Waals surface area contributed by atoms with Gasteiger partial charge in [0.1, 0.15) is 0 Å². The zero-order chi connectivity index (χ0) is 11.6. The third-order valence-electron chi connectivity index (χ3n) is 2.00. The molecule has 0 saturated heterocycles. The van der Waals surface area contributed by atoms with Crippen LogP contribution in [0.5, 0.6) is 0 Å². The third kappa shape index (κ3) is 3.22. The molecule has 2 atom stereocenters. The van der Waals surface area contributed by atoms with Gasteiger partial charge in [0.2, 0.25) is 5.43 Å². The van der Waals surface area contributed by atoms with E-state index in [4.69, 9.17) is 11.6 Å². The molecule has 84 valence electrons. The van der Waals surface area contributed by atoms with Gasteiger partial charge in [0, 0.05) is 18.4 Å². The van der Waals surface area contributed by atoms with E-state index in [1.165, 1.54) is 22.5 Å². The first-order valence-electron chi connectivity index (χ1n) is 4.50. The first-order chi connectivity index (χ1) is 6.91. The maximum Gasteiger partial charge on any atom is 0.220 e. The first-order valence-corrected chi connectivity index (χ1v) is 5.76. The van der Waals surface area contributed by atoms with E-state index in [9.17, 15) is 9.90 Å². The molecule has 2 unspecified atom stereocenters. The van der Waals surface area contributed by atoms with E-state index in [-0.39, 0.29) is 15.8 Å². The monoisotopic (exact) mass is 248 g/mol. The number of aliphatic hydroxyl groups is 1. The van der Waals surface area contributed by atoms with Crippen LogP contribution in [-0.2, 0) is 7.05 Å². The second kappa shape index (κ2) is 5.01. The maximum absolute atomic E-state index is 11.3. The molecule has 1 aromatic rings. The van der Waals surface area contributed by atoms with Crippen molar-refractivity contribution < 1.29 is 5.11 Å². The number of rotatable bonds is 3. The van der Waals surface area contributed by atoms with Crippen molar-refractivity contribution in [3.63, 3.8) is 0 Å². The van der Waals surface area contributed by atoms with Gasteiger partial charge < -0.3 is 5.11 Å². The van der Waals surface area contributed by atoms with Crippen molar-refractivity contribution >= 4 is 23.4 Å². The fraction of sp³-hybridized carbons (Fsp3) is 0.556. The van der Waals surface area contributed by atoms with Crippen LogP contribution in [-0.4, -0.2) is 26.2 Å². The lowest BCUT2D eigenvalue weighted by Gasteiger charge is -2.15. The topological polar surface area (TPSA) is 55.1 Å². The van der Waals surface area contributed by atoms with Gasteiger partial charge in [0.25, 0.3) is 0 Å². The summed E-state index contributed by atoms with van der Waals surface area (Å²) in [7, 11) is 1.71. The molecule has 15 heavy (non-hydrogen) atoms. The molecule has 1 aromatic heterocycles. The molecule has 0 aliphatic rings. The molecule has 6 heteroatoms. The van der Waals surface area contributed by atoms with Crippen molar-refractivity contribution in [3.05, 3.63) is 21.4 Å². The standard InChI is InChI=1S/C9H13ClN2O2S/c1-5(13)6(2)15-8-4-7(14)9(10)11-12(8)3/h4-6,13H,1-3H3. The van der Waals surface area contributed by atoms with E-state index >= 15 is 0 Å². The lowest BCUT2D eigenvalue weighted by atomic mass is 10.3. The number of hydrogen-bond acceptors (Lipinski definition) is 4. The Morgan fingerprint density at radius 1 is 1.60 bits per heavy atom. The molecule has 1 rings (SSSR count). The summed E-state index contributed by atoms with van der Waals surface area (Å²) in [4.78, 5) is 11.3. The summed E-state index contributed by atoms with van der Waals surface area (Å²) in [6.45, 7) is 3.59. The molecule has 0 aromatic carbocycles. The Balaban J connectivity index is 2.96. The summed E-state index contributed by atoms with van der Waals surface area (Å²) in [5, 5.41) is 13.9. The second-order valence-electron chi connectivity index (χ2n) is 3.32. The summed E-state index contributed by atoms with van der Waals surface area (Å²) in [5.74, 6) is 0. The predicted molar refractivity (Wildman–Crippen MR) is 61.5 cm³/mol. The molecule has 0 fully saturated rings. The van der Waals surface area contributed by atoms with E-state index in [1.54, 1.807) is 14.0 Å². The summed E-state index contributed by atoms with van der Waals surface area (Å²) in [6, 6.07) is 1.43. The van der Waals surface area contributed by atoms with Crippen LogP contribution in [0.15, 0.2) is 15.9 Å². The molecule has 0 radical (unpaired) electrons. The normalized spacial score (nSPS) is 15.0. The Kier molecular flexibility index (Phi) is 4.19. The molecule has 0 aliphatic carbocycles. The predicted octanol–water partition coefficient (Wildman–Crippen LogP) is 1.30. The Morgan fingerprint density at radius 2 is 2.20 bits per heavy atom. The van der Waals surface area contributed by atoms with Crippen molar-refractivity contribution in [1.29, 1.82) is 0 Å². The number of nitrogens with zero attached hydrogens (tertiary/aromatic N) is 2. The van der Waals surface area contributed by atoms with Crippen LogP contribution in [0.4, 0.5) is 0 Å². The van der Waals surface area contributed by atoms with Crippen LogP contribution in [0.1, 0.15) is 13.8 Å². The zero-order valence-electron chi connectivity index (χ0n) is 8.77.